The molecule has 0 fully saturated rings. The summed E-state index contributed by atoms with van der Waals surface area (Å²) >= 11 is 0. The highest BCUT2D eigenvalue weighted by Gasteiger charge is 2.24. The Hall–Kier alpha value is -1.58. The molecule has 2 unspecified atom stereocenters. The van der Waals surface area contributed by atoms with Gasteiger partial charge in [-0.05, 0) is 36.3 Å². The van der Waals surface area contributed by atoms with Crippen LogP contribution in [0.5, 0.6) is 0 Å². The van der Waals surface area contributed by atoms with Crippen LogP contribution in [0.2, 0.25) is 0 Å². The zero-order chi connectivity index (χ0) is 11.9. The molecule has 0 saturated carbocycles. The van der Waals surface area contributed by atoms with E-state index in [-0.39, 0.29) is 5.56 Å². The van der Waals surface area contributed by atoms with Gasteiger partial charge in [-0.15, -0.1) is 0 Å². The largest absolute Gasteiger partial charge is 0.477 e. The lowest BCUT2D eigenvalue weighted by Gasteiger charge is -2.26. The van der Waals surface area contributed by atoms with Crippen LogP contribution in [0.15, 0.2) is 10.9 Å². The Balaban J connectivity index is 2.57. The highest BCUT2D eigenvalue weighted by atomic mass is 16.4. The lowest BCUT2D eigenvalue weighted by atomic mass is 9.81. The van der Waals surface area contributed by atoms with Crippen molar-refractivity contribution in [3.63, 3.8) is 0 Å². The summed E-state index contributed by atoms with van der Waals surface area (Å²) in [5.74, 6) is -0.320. The highest BCUT2D eigenvalue weighted by Crippen LogP contribution is 2.32. The van der Waals surface area contributed by atoms with E-state index in [1.165, 1.54) is 6.07 Å². The fourth-order valence-corrected chi connectivity index (χ4v) is 2.54. The molecule has 0 bridgehead atoms. The Labute approximate surface area is 93.3 Å². The van der Waals surface area contributed by atoms with Gasteiger partial charge < -0.3 is 10.1 Å². The first kappa shape index (κ1) is 10.9. The molecule has 1 aromatic heterocycles. The van der Waals surface area contributed by atoms with Gasteiger partial charge in [0.25, 0.3) is 5.56 Å². The van der Waals surface area contributed by atoms with Crippen molar-refractivity contribution < 1.29 is 9.90 Å². The van der Waals surface area contributed by atoms with E-state index >= 15 is 0 Å². The molecule has 1 heterocycles. The normalized spacial score (nSPS) is 23.9. The van der Waals surface area contributed by atoms with Crippen molar-refractivity contribution in [2.45, 2.75) is 32.6 Å². The van der Waals surface area contributed by atoms with Gasteiger partial charge in [0, 0.05) is 5.69 Å². The molecule has 0 aliphatic heterocycles. The van der Waals surface area contributed by atoms with Crippen LogP contribution < -0.4 is 5.56 Å². The number of hydrogen-bond donors (Lipinski definition) is 2. The Kier molecular flexibility index (Phi) is 2.58. The quantitative estimate of drug-likeness (QED) is 0.759. The number of nitrogens with one attached hydrogen (secondary N) is 1. The number of rotatable bonds is 1. The van der Waals surface area contributed by atoms with Crippen molar-refractivity contribution in [1.82, 2.24) is 4.98 Å². The summed E-state index contributed by atoms with van der Waals surface area (Å²) in [4.78, 5) is 25.1. The van der Waals surface area contributed by atoms with Crippen LogP contribution in [-0.4, -0.2) is 16.1 Å². The molecule has 0 amide bonds. The van der Waals surface area contributed by atoms with Crippen LogP contribution in [-0.2, 0) is 6.42 Å². The van der Waals surface area contributed by atoms with Crippen molar-refractivity contribution in [2.75, 3.05) is 0 Å². The Morgan fingerprint density at radius 3 is 2.81 bits per heavy atom. The highest BCUT2D eigenvalue weighted by molar-refractivity contribution is 5.87. The van der Waals surface area contributed by atoms with Gasteiger partial charge in [-0.1, -0.05) is 13.8 Å². The summed E-state index contributed by atoms with van der Waals surface area (Å²) < 4.78 is 0. The number of H-pyrrole nitrogens is 1. The molecule has 0 saturated heterocycles. The van der Waals surface area contributed by atoms with Gasteiger partial charge >= 0.3 is 5.97 Å². The maximum Gasteiger partial charge on any atom is 0.341 e. The fourth-order valence-electron chi connectivity index (χ4n) is 2.54. The van der Waals surface area contributed by atoms with Crippen molar-refractivity contribution in [2.24, 2.45) is 5.92 Å². The van der Waals surface area contributed by atoms with Gasteiger partial charge in [0.1, 0.15) is 5.56 Å². The monoisotopic (exact) mass is 221 g/mol. The lowest BCUT2D eigenvalue weighted by Crippen LogP contribution is -2.25. The van der Waals surface area contributed by atoms with Gasteiger partial charge in [-0.25, -0.2) is 4.79 Å². The van der Waals surface area contributed by atoms with Crippen LogP contribution in [0.25, 0.3) is 0 Å². The Morgan fingerprint density at radius 1 is 1.50 bits per heavy atom. The lowest BCUT2D eigenvalue weighted by molar-refractivity contribution is 0.0694. The number of carboxylic acids is 1. The number of carbonyl (C=O) groups is 1. The summed E-state index contributed by atoms with van der Waals surface area (Å²) in [6, 6.07) is 1.53. The van der Waals surface area contributed by atoms with E-state index in [1.54, 1.807) is 0 Å². The molecular weight excluding hydrogens is 206 g/mol. The third-order valence-corrected chi connectivity index (χ3v) is 3.20. The molecule has 2 rings (SSSR count). The maximum absolute atomic E-state index is 11.5. The van der Waals surface area contributed by atoms with E-state index in [2.05, 4.69) is 18.8 Å². The molecule has 4 nitrogen and oxygen atoms in total. The van der Waals surface area contributed by atoms with E-state index in [0.29, 0.717) is 11.8 Å². The zero-order valence-electron chi connectivity index (χ0n) is 9.41. The van der Waals surface area contributed by atoms with Crippen LogP contribution in [0, 0.1) is 5.92 Å². The minimum atomic E-state index is -1.16. The summed E-state index contributed by atoms with van der Waals surface area (Å²) in [5, 5.41) is 8.88. The second-order valence-electron chi connectivity index (χ2n) is 4.70. The average Bonchev–Trinajstić information content (AvgIpc) is 2.18. The number of hydrogen-bond acceptors (Lipinski definition) is 2. The van der Waals surface area contributed by atoms with Crippen molar-refractivity contribution >= 4 is 5.97 Å². The van der Waals surface area contributed by atoms with E-state index in [4.69, 9.17) is 5.11 Å². The van der Waals surface area contributed by atoms with Crippen LogP contribution in [0.3, 0.4) is 0 Å². The molecule has 0 aromatic carbocycles. The predicted molar refractivity (Wildman–Crippen MR) is 59.9 cm³/mol. The van der Waals surface area contributed by atoms with Gasteiger partial charge in [0.05, 0.1) is 0 Å². The number of aromatic nitrogens is 1. The van der Waals surface area contributed by atoms with Crippen molar-refractivity contribution in [3.05, 3.63) is 33.2 Å². The van der Waals surface area contributed by atoms with Gasteiger partial charge in [-0.2, -0.15) is 0 Å². The molecule has 0 radical (unpaired) electrons. The van der Waals surface area contributed by atoms with E-state index in [0.717, 1.165) is 24.1 Å². The zero-order valence-corrected chi connectivity index (χ0v) is 9.41. The number of pyridine rings is 1. The standard InChI is InChI=1S/C12H15NO3/c1-6-3-7(2)10-8(4-6)5-9(12(15)16)11(14)13-10/h5-7H,3-4H2,1-2H3,(H,13,14)(H,15,16). The minimum absolute atomic E-state index is 0.153. The summed E-state index contributed by atoms with van der Waals surface area (Å²) in [7, 11) is 0. The second-order valence-corrected chi connectivity index (χ2v) is 4.70. The van der Waals surface area contributed by atoms with E-state index in [9.17, 15) is 9.59 Å². The van der Waals surface area contributed by atoms with Crippen LogP contribution in [0.4, 0.5) is 0 Å². The molecule has 86 valence electrons. The molecule has 4 heteroatoms. The smallest absolute Gasteiger partial charge is 0.341 e. The maximum atomic E-state index is 11.5. The van der Waals surface area contributed by atoms with E-state index in [1.807, 2.05) is 0 Å². The molecular formula is C12H15NO3. The number of carboxylic acid groups (broad SMARTS) is 1. The molecule has 0 spiro atoms. The van der Waals surface area contributed by atoms with Crippen molar-refractivity contribution in [3.8, 4) is 0 Å². The number of fused-ring (bicyclic) bond motifs is 1. The molecule has 16 heavy (non-hydrogen) atoms. The third-order valence-electron chi connectivity index (χ3n) is 3.20. The predicted octanol–water partition coefficient (Wildman–Crippen LogP) is 1.76. The fraction of sp³-hybridized carbons (Fsp3) is 0.500. The molecule has 1 aromatic rings. The van der Waals surface area contributed by atoms with Crippen LogP contribution in [0.1, 0.15) is 47.8 Å². The Morgan fingerprint density at radius 2 is 2.19 bits per heavy atom. The minimum Gasteiger partial charge on any atom is -0.477 e. The SMILES string of the molecule is CC1Cc2cc(C(=O)O)c(=O)[nH]c2C(C)C1. The number of aromatic carboxylic acids is 1. The topological polar surface area (TPSA) is 70.2 Å². The second kappa shape index (κ2) is 3.77. The van der Waals surface area contributed by atoms with Crippen molar-refractivity contribution in [1.29, 1.82) is 0 Å². The molecule has 1 aliphatic rings. The molecule has 2 atom stereocenters. The van der Waals surface area contributed by atoms with E-state index < -0.39 is 11.5 Å². The molecule has 2 N–H and O–H groups in total. The first-order chi connectivity index (χ1) is 7.49. The number of aromatic amines is 1. The van der Waals surface area contributed by atoms with Crippen LogP contribution >= 0.6 is 0 Å². The summed E-state index contributed by atoms with van der Waals surface area (Å²) in [6.07, 6.45) is 1.88. The average molecular weight is 221 g/mol. The third kappa shape index (κ3) is 1.75. The summed E-state index contributed by atoms with van der Waals surface area (Å²) in [6.45, 7) is 4.20. The summed E-state index contributed by atoms with van der Waals surface area (Å²) in [5.41, 5.74) is 1.24. The first-order valence-electron chi connectivity index (χ1n) is 5.48. The molecule has 1 aliphatic carbocycles. The van der Waals surface area contributed by atoms with Gasteiger partial charge in [0.2, 0.25) is 0 Å². The van der Waals surface area contributed by atoms with Gasteiger partial charge in [0.15, 0.2) is 0 Å². The van der Waals surface area contributed by atoms with Gasteiger partial charge in [-0.3, -0.25) is 4.79 Å². The Bertz CT molecular complexity index is 490. The first-order valence-corrected chi connectivity index (χ1v) is 5.48.